The van der Waals surface area contributed by atoms with Crippen molar-refractivity contribution in [3.8, 4) is 0 Å². The molecule has 0 amide bonds. The summed E-state index contributed by atoms with van der Waals surface area (Å²) in [4.78, 5) is 12.0. The Bertz CT molecular complexity index is 714. The highest BCUT2D eigenvalue weighted by molar-refractivity contribution is 7.89. The van der Waals surface area contributed by atoms with Crippen molar-refractivity contribution in [3.05, 3.63) is 65.2 Å². The number of Topliss-reactive ketones (excluding diaryl/α,β-unsaturated/α-hetero) is 1. The van der Waals surface area contributed by atoms with E-state index in [0.717, 1.165) is 0 Å². The van der Waals surface area contributed by atoms with E-state index in [2.05, 4.69) is 4.72 Å². The summed E-state index contributed by atoms with van der Waals surface area (Å²) in [6, 6.07) is 14.4. The maximum atomic E-state index is 12.0. The fourth-order valence-electron chi connectivity index (χ4n) is 1.63. The number of carbonyl (C=O) groups is 1. The van der Waals surface area contributed by atoms with Gasteiger partial charge in [-0.15, -0.1) is 0 Å². The van der Waals surface area contributed by atoms with Crippen molar-refractivity contribution in [2.75, 3.05) is 6.54 Å². The van der Waals surface area contributed by atoms with Crippen LogP contribution in [0.1, 0.15) is 10.4 Å². The number of nitrogens with one attached hydrogen (secondary N) is 1. The van der Waals surface area contributed by atoms with Gasteiger partial charge >= 0.3 is 0 Å². The predicted octanol–water partition coefficient (Wildman–Crippen LogP) is 2.50. The quantitative estimate of drug-likeness (QED) is 0.863. The normalized spacial score (nSPS) is 11.2. The lowest BCUT2D eigenvalue weighted by Crippen LogP contribution is -2.29. The molecule has 2 rings (SSSR count). The summed E-state index contributed by atoms with van der Waals surface area (Å²) in [5.74, 6) is -0.380. The first-order valence-electron chi connectivity index (χ1n) is 5.83. The standard InChI is InChI=1S/C14H12ClNO3S/c15-13-9-5-4-8-12(13)14(17)10-16-20(18,19)11-6-2-1-3-7-11/h1-9,16H,10H2. The van der Waals surface area contributed by atoms with Gasteiger partial charge in [0, 0.05) is 5.56 Å². The molecule has 0 atom stereocenters. The van der Waals surface area contributed by atoms with Crippen LogP contribution in [0.5, 0.6) is 0 Å². The Balaban J connectivity index is 2.10. The smallest absolute Gasteiger partial charge is 0.240 e. The average molecular weight is 310 g/mol. The van der Waals surface area contributed by atoms with Gasteiger partial charge in [0.2, 0.25) is 10.0 Å². The molecule has 4 nitrogen and oxygen atoms in total. The molecule has 104 valence electrons. The van der Waals surface area contributed by atoms with Crippen LogP contribution in [0.15, 0.2) is 59.5 Å². The third kappa shape index (κ3) is 3.45. The van der Waals surface area contributed by atoms with Crippen molar-refractivity contribution in [2.24, 2.45) is 0 Å². The maximum Gasteiger partial charge on any atom is 0.240 e. The van der Waals surface area contributed by atoms with Crippen molar-refractivity contribution >= 4 is 27.4 Å². The number of ketones is 1. The minimum absolute atomic E-state index is 0.118. The molecule has 0 saturated heterocycles. The third-order valence-corrected chi connectivity index (χ3v) is 4.40. The highest BCUT2D eigenvalue weighted by atomic mass is 35.5. The Morgan fingerprint density at radius 2 is 1.60 bits per heavy atom. The summed E-state index contributed by atoms with van der Waals surface area (Å²) in [6.07, 6.45) is 0. The van der Waals surface area contributed by atoms with Gasteiger partial charge in [-0.25, -0.2) is 13.1 Å². The third-order valence-electron chi connectivity index (χ3n) is 2.65. The maximum absolute atomic E-state index is 12.0. The molecule has 0 radical (unpaired) electrons. The van der Waals surface area contributed by atoms with Crippen LogP contribution < -0.4 is 4.72 Å². The lowest BCUT2D eigenvalue weighted by molar-refractivity contribution is 0.0997. The summed E-state index contributed by atoms with van der Waals surface area (Å²) in [6.45, 7) is -0.332. The second-order valence-electron chi connectivity index (χ2n) is 4.04. The zero-order valence-corrected chi connectivity index (χ0v) is 12.0. The van der Waals surface area contributed by atoms with E-state index in [1.807, 2.05) is 0 Å². The van der Waals surface area contributed by atoms with Gasteiger partial charge in [-0.05, 0) is 24.3 Å². The van der Waals surface area contributed by atoms with E-state index in [0.29, 0.717) is 10.6 Å². The van der Waals surface area contributed by atoms with E-state index in [1.165, 1.54) is 12.1 Å². The van der Waals surface area contributed by atoms with Gasteiger partial charge in [-0.3, -0.25) is 4.79 Å². The summed E-state index contributed by atoms with van der Waals surface area (Å²) < 4.78 is 26.2. The summed E-state index contributed by atoms with van der Waals surface area (Å²) in [7, 11) is -3.69. The molecule has 0 unspecified atom stereocenters. The van der Waals surface area contributed by atoms with Crippen LogP contribution in [-0.4, -0.2) is 20.7 Å². The second kappa shape index (κ2) is 6.17. The molecule has 1 N–H and O–H groups in total. The molecule has 6 heteroatoms. The minimum Gasteiger partial charge on any atom is -0.293 e. The molecular formula is C14H12ClNO3S. The van der Waals surface area contributed by atoms with E-state index < -0.39 is 10.0 Å². The van der Waals surface area contributed by atoms with E-state index in [-0.39, 0.29) is 17.2 Å². The van der Waals surface area contributed by atoms with Crippen LogP contribution in [0, 0.1) is 0 Å². The Morgan fingerprint density at radius 1 is 1.00 bits per heavy atom. The van der Waals surface area contributed by atoms with E-state index in [4.69, 9.17) is 11.6 Å². The molecule has 0 spiro atoms. The molecule has 0 aliphatic rings. The molecule has 0 saturated carbocycles. The lowest BCUT2D eigenvalue weighted by Gasteiger charge is -2.07. The highest BCUT2D eigenvalue weighted by Gasteiger charge is 2.16. The Labute approximate surface area is 122 Å². The molecule has 0 fully saturated rings. The molecule has 0 aliphatic carbocycles. The molecule has 0 aliphatic heterocycles. The Kier molecular flexibility index (Phi) is 4.54. The first-order valence-corrected chi connectivity index (χ1v) is 7.69. The van der Waals surface area contributed by atoms with Crippen molar-refractivity contribution in [1.29, 1.82) is 0 Å². The van der Waals surface area contributed by atoms with Crippen LogP contribution in [0.2, 0.25) is 5.02 Å². The topological polar surface area (TPSA) is 63.2 Å². The number of rotatable bonds is 5. The van der Waals surface area contributed by atoms with Gasteiger partial charge in [-0.1, -0.05) is 41.9 Å². The van der Waals surface area contributed by atoms with Crippen LogP contribution in [-0.2, 0) is 10.0 Å². The number of halogens is 1. The van der Waals surface area contributed by atoms with Gasteiger partial charge in [-0.2, -0.15) is 0 Å². The van der Waals surface area contributed by atoms with E-state index in [9.17, 15) is 13.2 Å². The molecular weight excluding hydrogens is 298 g/mol. The Hall–Kier alpha value is -1.69. The van der Waals surface area contributed by atoms with Crippen molar-refractivity contribution in [2.45, 2.75) is 4.90 Å². The van der Waals surface area contributed by atoms with Gasteiger partial charge in [0.1, 0.15) is 0 Å². The van der Waals surface area contributed by atoms with Crippen molar-refractivity contribution in [3.63, 3.8) is 0 Å². The van der Waals surface area contributed by atoms with E-state index >= 15 is 0 Å². The number of hydrogen-bond donors (Lipinski definition) is 1. The van der Waals surface area contributed by atoms with Gasteiger partial charge in [0.25, 0.3) is 0 Å². The fraction of sp³-hybridized carbons (Fsp3) is 0.0714. The number of sulfonamides is 1. The summed E-state index contributed by atoms with van der Waals surface area (Å²) in [5, 5.41) is 0.302. The zero-order chi connectivity index (χ0) is 14.6. The molecule has 20 heavy (non-hydrogen) atoms. The number of carbonyl (C=O) groups excluding carboxylic acids is 1. The monoisotopic (exact) mass is 309 g/mol. The largest absolute Gasteiger partial charge is 0.293 e. The molecule has 0 heterocycles. The van der Waals surface area contributed by atoms with Gasteiger partial charge in [0.05, 0.1) is 16.5 Å². The SMILES string of the molecule is O=C(CNS(=O)(=O)c1ccccc1)c1ccccc1Cl. The van der Waals surface area contributed by atoms with Crippen molar-refractivity contribution < 1.29 is 13.2 Å². The van der Waals surface area contributed by atoms with Crippen LogP contribution >= 0.6 is 11.6 Å². The average Bonchev–Trinajstić information content (AvgIpc) is 2.46. The van der Waals surface area contributed by atoms with Crippen LogP contribution in [0.4, 0.5) is 0 Å². The van der Waals surface area contributed by atoms with E-state index in [1.54, 1.807) is 42.5 Å². The number of hydrogen-bond acceptors (Lipinski definition) is 3. The number of benzene rings is 2. The molecule has 0 aromatic heterocycles. The van der Waals surface area contributed by atoms with Crippen molar-refractivity contribution in [1.82, 2.24) is 4.72 Å². The predicted molar refractivity (Wildman–Crippen MR) is 77.4 cm³/mol. The molecule has 2 aromatic rings. The summed E-state index contributed by atoms with van der Waals surface area (Å²) in [5.41, 5.74) is 0.296. The zero-order valence-electron chi connectivity index (χ0n) is 10.4. The fourth-order valence-corrected chi connectivity index (χ4v) is 2.87. The van der Waals surface area contributed by atoms with Gasteiger partial charge in [0.15, 0.2) is 5.78 Å². The van der Waals surface area contributed by atoms with Gasteiger partial charge < -0.3 is 0 Å². The first kappa shape index (κ1) is 14.7. The Morgan fingerprint density at radius 3 is 2.25 bits per heavy atom. The highest BCUT2D eigenvalue weighted by Crippen LogP contribution is 2.15. The first-order chi connectivity index (χ1) is 9.50. The summed E-state index contributed by atoms with van der Waals surface area (Å²) >= 11 is 5.89. The van der Waals surface area contributed by atoms with Crippen LogP contribution in [0.3, 0.4) is 0 Å². The second-order valence-corrected chi connectivity index (χ2v) is 6.21. The van der Waals surface area contributed by atoms with Crippen LogP contribution in [0.25, 0.3) is 0 Å². The lowest BCUT2D eigenvalue weighted by atomic mass is 10.1. The molecule has 2 aromatic carbocycles. The molecule has 0 bridgehead atoms. The minimum atomic E-state index is -3.69.